The van der Waals surface area contributed by atoms with Crippen molar-refractivity contribution in [2.24, 2.45) is 0 Å². The Bertz CT molecular complexity index is 1030. The maximum absolute atomic E-state index is 12.5. The summed E-state index contributed by atoms with van der Waals surface area (Å²) >= 11 is 0. The van der Waals surface area contributed by atoms with Crippen molar-refractivity contribution >= 4 is 17.4 Å². The van der Waals surface area contributed by atoms with Crippen LogP contribution in [0.5, 0.6) is 5.75 Å². The molecule has 1 amide bonds. The highest BCUT2D eigenvalue weighted by Crippen LogP contribution is 2.22. The highest BCUT2D eigenvalue weighted by Gasteiger charge is 2.15. The molecular formula is C26H30N4O2. The number of nitrogens with one attached hydrogen (secondary N) is 1. The number of amides is 1. The van der Waals surface area contributed by atoms with Crippen molar-refractivity contribution in [1.29, 1.82) is 0 Å². The first-order chi connectivity index (χ1) is 15.6. The summed E-state index contributed by atoms with van der Waals surface area (Å²) in [5.74, 6) is 1.44. The molecule has 1 atom stereocenters. The van der Waals surface area contributed by atoms with E-state index < -0.39 is 6.10 Å². The van der Waals surface area contributed by atoms with Crippen LogP contribution >= 0.6 is 0 Å². The Morgan fingerprint density at radius 3 is 2.38 bits per heavy atom. The minimum Gasteiger partial charge on any atom is -0.481 e. The molecule has 6 heteroatoms. The number of ether oxygens (including phenoxy) is 1. The van der Waals surface area contributed by atoms with E-state index in [9.17, 15) is 4.79 Å². The van der Waals surface area contributed by atoms with Crippen LogP contribution in [0.25, 0.3) is 11.3 Å². The zero-order chi connectivity index (χ0) is 22.3. The third kappa shape index (κ3) is 5.63. The number of aryl methyl sites for hydroxylation is 1. The molecule has 1 aliphatic heterocycles. The molecule has 1 aromatic heterocycles. The van der Waals surface area contributed by atoms with Crippen molar-refractivity contribution < 1.29 is 9.53 Å². The Balaban J connectivity index is 1.35. The Labute approximate surface area is 189 Å². The Hall–Kier alpha value is -3.41. The number of rotatable bonds is 6. The maximum atomic E-state index is 12.5. The molecule has 0 aliphatic carbocycles. The second-order valence-electron chi connectivity index (χ2n) is 8.32. The first-order valence-corrected chi connectivity index (χ1v) is 11.3. The van der Waals surface area contributed by atoms with Gasteiger partial charge in [0.05, 0.1) is 5.69 Å². The first kappa shape index (κ1) is 21.8. The molecular weight excluding hydrogens is 400 g/mol. The minimum atomic E-state index is -0.603. The predicted octanol–water partition coefficient (Wildman–Crippen LogP) is 5.24. The molecule has 3 aromatic rings. The van der Waals surface area contributed by atoms with E-state index >= 15 is 0 Å². The molecule has 1 fully saturated rings. The van der Waals surface area contributed by atoms with E-state index in [0.29, 0.717) is 11.4 Å². The van der Waals surface area contributed by atoms with E-state index in [1.54, 1.807) is 6.92 Å². The van der Waals surface area contributed by atoms with E-state index in [1.165, 1.54) is 25.7 Å². The summed E-state index contributed by atoms with van der Waals surface area (Å²) in [7, 11) is 0. The van der Waals surface area contributed by atoms with Crippen LogP contribution in [-0.2, 0) is 4.79 Å². The van der Waals surface area contributed by atoms with Gasteiger partial charge in [0.1, 0.15) is 5.75 Å². The van der Waals surface area contributed by atoms with Crippen molar-refractivity contribution in [3.05, 3.63) is 66.2 Å². The normalized spacial score (nSPS) is 15.0. The molecule has 0 saturated carbocycles. The monoisotopic (exact) mass is 430 g/mol. The van der Waals surface area contributed by atoms with Crippen LogP contribution in [0.15, 0.2) is 60.7 Å². The van der Waals surface area contributed by atoms with Crippen LogP contribution in [0.3, 0.4) is 0 Å². The predicted molar refractivity (Wildman–Crippen MR) is 128 cm³/mol. The van der Waals surface area contributed by atoms with Crippen molar-refractivity contribution in [1.82, 2.24) is 10.2 Å². The Morgan fingerprint density at radius 1 is 0.969 bits per heavy atom. The fraction of sp³-hybridized carbons (Fsp3) is 0.346. The number of hydrogen-bond acceptors (Lipinski definition) is 5. The largest absolute Gasteiger partial charge is 0.481 e. The fourth-order valence-electron chi connectivity index (χ4n) is 3.86. The molecule has 4 rings (SSSR count). The van der Waals surface area contributed by atoms with Gasteiger partial charge in [-0.1, -0.05) is 37.1 Å². The van der Waals surface area contributed by atoms with Gasteiger partial charge in [-0.05, 0) is 68.7 Å². The van der Waals surface area contributed by atoms with E-state index in [4.69, 9.17) is 4.74 Å². The molecule has 0 spiro atoms. The van der Waals surface area contributed by atoms with Gasteiger partial charge in [-0.15, -0.1) is 10.2 Å². The second-order valence-corrected chi connectivity index (χ2v) is 8.32. The zero-order valence-corrected chi connectivity index (χ0v) is 18.8. The summed E-state index contributed by atoms with van der Waals surface area (Å²) in [5, 5.41) is 11.8. The number of aromatic nitrogens is 2. The van der Waals surface area contributed by atoms with Crippen molar-refractivity contribution in [3.63, 3.8) is 0 Å². The lowest BCUT2D eigenvalue weighted by molar-refractivity contribution is -0.122. The average molecular weight is 431 g/mol. The standard InChI is InChI=1S/C26H30N4O2/c1-19-8-7-9-23(18-19)32-20(2)26(31)27-22-12-10-21(11-13-22)24-14-15-25(29-28-24)30-16-5-3-4-6-17-30/h7-15,18,20H,3-6,16-17H2,1-2H3,(H,27,31). The lowest BCUT2D eigenvalue weighted by atomic mass is 10.1. The van der Waals surface area contributed by atoms with Crippen LogP contribution in [0.4, 0.5) is 11.5 Å². The summed E-state index contributed by atoms with van der Waals surface area (Å²) in [6.07, 6.45) is 4.41. The van der Waals surface area contributed by atoms with Gasteiger partial charge in [-0.2, -0.15) is 0 Å². The molecule has 6 nitrogen and oxygen atoms in total. The van der Waals surface area contributed by atoms with Crippen molar-refractivity contribution in [3.8, 4) is 17.0 Å². The summed E-state index contributed by atoms with van der Waals surface area (Å²) in [6, 6.07) is 19.4. The van der Waals surface area contributed by atoms with Gasteiger partial charge >= 0.3 is 0 Å². The Kier molecular flexibility index (Phi) is 7.00. The molecule has 1 saturated heterocycles. The SMILES string of the molecule is Cc1cccc(OC(C)C(=O)Nc2ccc(-c3ccc(N4CCCCCC4)nn3)cc2)c1. The van der Waals surface area contributed by atoms with E-state index in [-0.39, 0.29) is 5.91 Å². The van der Waals surface area contributed by atoms with E-state index in [2.05, 4.69) is 20.4 Å². The number of benzene rings is 2. The summed E-state index contributed by atoms with van der Waals surface area (Å²) in [6.45, 7) is 5.84. The van der Waals surface area contributed by atoms with E-state index in [0.717, 1.165) is 35.7 Å². The number of carbonyl (C=O) groups is 1. The zero-order valence-electron chi connectivity index (χ0n) is 18.8. The molecule has 1 N–H and O–H groups in total. The molecule has 2 heterocycles. The first-order valence-electron chi connectivity index (χ1n) is 11.3. The number of anilines is 2. The van der Waals surface area contributed by atoms with Crippen LogP contribution in [0.2, 0.25) is 0 Å². The highest BCUT2D eigenvalue weighted by molar-refractivity contribution is 5.94. The topological polar surface area (TPSA) is 67.3 Å². The van der Waals surface area contributed by atoms with Gasteiger partial charge in [0.25, 0.3) is 5.91 Å². The maximum Gasteiger partial charge on any atom is 0.265 e. The fourth-order valence-corrected chi connectivity index (χ4v) is 3.86. The minimum absolute atomic E-state index is 0.194. The lowest BCUT2D eigenvalue weighted by Gasteiger charge is -2.20. The van der Waals surface area contributed by atoms with Gasteiger partial charge in [-0.3, -0.25) is 4.79 Å². The molecule has 1 unspecified atom stereocenters. The van der Waals surface area contributed by atoms with Gasteiger partial charge < -0.3 is 15.0 Å². The molecule has 1 aliphatic rings. The molecule has 2 aromatic carbocycles. The lowest BCUT2D eigenvalue weighted by Crippen LogP contribution is -2.30. The quantitative estimate of drug-likeness (QED) is 0.579. The molecule has 0 bridgehead atoms. The van der Waals surface area contributed by atoms with Gasteiger partial charge in [-0.25, -0.2) is 0 Å². The van der Waals surface area contributed by atoms with Gasteiger partial charge in [0.2, 0.25) is 0 Å². The highest BCUT2D eigenvalue weighted by atomic mass is 16.5. The van der Waals surface area contributed by atoms with Gasteiger partial charge in [0.15, 0.2) is 11.9 Å². The summed E-state index contributed by atoms with van der Waals surface area (Å²) in [5.41, 5.74) is 3.58. The third-order valence-corrected chi connectivity index (χ3v) is 5.70. The van der Waals surface area contributed by atoms with Crippen molar-refractivity contribution in [2.45, 2.75) is 45.6 Å². The second kappa shape index (κ2) is 10.3. The number of nitrogens with zero attached hydrogens (tertiary/aromatic N) is 3. The summed E-state index contributed by atoms with van der Waals surface area (Å²) < 4.78 is 5.76. The molecule has 0 radical (unpaired) electrons. The van der Waals surface area contributed by atoms with Crippen LogP contribution in [0.1, 0.15) is 38.2 Å². The van der Waals surface area contributed by atoms with Crippen molar-refractivity contribution in [2.75, 3.05) is 23.3 Å². The molecule has 32 heavy (non-hydrogen) atoms. The summed E-state index contributed by atoms with van der Waals surface area (Å²) in [4.78, 5) is 14.8. The number of carbonyl (C=O) groups excluding carboxylic acids is 1. The van der Waals surface area contributed by atoms with Crippen LogP contribution < -0.4 is 15.0 Å². The Morgan fingerprint density at radius 2 is 1.72 bits per heavy atom. The van der Waals surface area contributed by atoms with Crippen LogP contribution in [0, 0.1) is 6.92 Å². The van der Waals surface area contributed by atoms with Crippen LogP contribution in [-0.4, -0.2) is 35.3 Å². The van der Waals surface area contributed by atoms with Gasteiger partial charge in [0, 0.05) is 24.3 Å². The average Bonchev–Trinajstić information content (AvgIpc) is 3.09. The number of hydrogen-bond donors (Lipinski definition) is 1. The van der Waals surface area contributed by atoms with E-state index in [1.807, 2.05) is 67.6 Å². The molecule has 166 valence electrons. The smallest absolute Gasteiger partial charge is 0.265 e. The third-order valence-electron chi connectivity index (χ3n) is 5.70.